The highest BCUT2D eigenvalue weighted by molar-refractivity contribution is 5.97. The number of carbonyl (C=O) groups excluding carboxylic acids is 2. The Morgan fingerprint density at radius 1 is 1.19 bits per heavy atom. The maximum Gasteiger partial charge on any atom is 0.251 e. The van der Waals surface area contributed by atoms with Crippen LogP contribution in [0.4, 0.5) is 4.39 Å². The molecule has 0 saturated heterocycles. The summed E-state index contributed by atoms with van der Waals surface area (Å²) in [4.78, 5) is 24.5. The first-order valence-corrected chi connectivity index (χ1v) is 8.60. The van der Waals surface area contributed by atoms with Crippen molar-refractivity contribution in [2.45, 2.75) is 25.8 Å². The minimum atomic E-state index is -0.434. The van der Waals surface area contributed by atoms with Gasteiger partial charge in [0.25, 0.3) is 5.91 Å². The molecule has 0 saturated carbocycles. The van der Waals surface area contributed by atoms with Crippen LogP contribution in [-0.2, 0) is 4.79 Å². The second kappa shape index (κ2) is 7.99. The Bertz CT molecular complexity index is 822. The number of fused-ring (bicyclic) bond motifs is 1. The Morgan fingerprint density at radius 2 is 2.00 bits per heavy atom. The standard InChI is InChI=1S/C20H21FN2O3/c1-13-6-2-3-7-14(13)20(25)22-12-18(24)23-17-10-5-11-26-19-15(17)8-4-9-16(19)21/h2-4,6-9,17H,5,10-12H2,1H3,(H,22,25)(H,23,24). The van der Waals surface area contributed by atoms with Crippen LogP contribution in [0.5, 0.6) is 5.75 Å². The van der Waals surface area contributed by atoms with E-state index in [2.05, 4.69) is 10.6 Å². The molecule has 0 aromatic heterocycles. The monoisotopic (exact) mass is 356 g/mol. The summed E-state index contributed by atoms with van der Waals surface area (Å²) < 4.78 is 19.4. The van der Waals surface area contributed by atoms with E-state index in [0.717, 1.165) is 5.56 Å². The molecule has 5 nitrogen and oxygen atoms in total. The lowest BCUT2D eigenvalue weighted by Gasteiger charge is -2.19. The van der Waals surface area contributed by atoms with Gasteiger partial charge in [-0.15, -0.1) is 0 Å². The predicted molar refractivity (Wildman–Crippen MR) is 95.5 cm³/mol. The predicted octanol–water partition coefficient (Wildman–Crippen LogP) is 2.89. The van der Waals surface area contributed by atoms with Gasteiger partial charge in [0.05, 0.1) is 19.2 Å². The molecule has 1 heterocycles. The fourth-order valence-corrected chi connectivity index (χ4v) is 3.05. The molecule has 1 unspecified atom stereocenters. The number of aryl methyl sites for hydroxylation is 1. The van der Waals surface area contributed by atoms with Crippen LogP contribution < -0.4 is 15.4 Å². The molecule has 1 aliphatic heterocycles. The zero-order valence-electron chi connectivity index (χ0n) is 14.5. The molecular formula is C20H21FN2O3. The van der Waals surface area contributed by atoms with Crippen molar-refractivity contribution in [3.63, 3.8) is 0 Å². The van der Waals surface area contributed by atoms with Gasteiger partial charge in [0.15, 0.2) is 11.6 Å². The zero-order chi connectivity index (χ0) is 18.5. The topological polar surface area (TPSA) is 67.4 Å². The molecule has 2 aromatic rings. The van der Waals surface area contributed by atoms with Crippen molar-refractivity contribution in [1.82, 2.24) is 10.6 Å². The number of hydrogen-bond donors (Lipinski definition) is 2. The third-order valence-electron chi connectivity index (χ3n) is 4.39. The Hall–Kier alpha value is -2.89. The van der Waals surface area contributed by atoms with Crippen LogP contribution in [0.3, 0.4) is 0 Å². The number of amides is 2. The highest BCUT2D eigenvalue weighted by atomic mass is 19.1. The molecule has 1 aliphatic rings. The summed E-state index contributed by atoms with van der Waals surface area (Å²) in [5.41, 5.74) is 2.01. The van der Waals surface area contributed by atoms with E-state index >= 15 is 0 Å². The summed E-state index contributed by atoms with van der Waals surface area (Å²) in [5, 5.41) is 5.49. The molecule has 26 heavy (non-hydrogen) atoms. The van der Waals surface area contributed by atoms with Crippen molar-refractivity contribution in [2.75, 3.05) is 13.2 Å². The van der Waals surface area contributed by atoms with Crippen molar-refractivity contribution in [1.29, 1.82) is 0 Å². The largest absolute Gasteiger partial charge is 0.490 e. The van der Waals surface area contributed by atoms with Gasteiger partial charge < -0.3 is 15.4 Å². The molecule has 0 fully saturated rings. The molecule has 0 aliphatic carbocycles. The molecule has 2 aromatic carbocycles. The third-order valence-corrected chi connectivity index (χ3v) is 4.39. The summed E-state index contributed by atoms with van der Waals surface area (Å²) in [6, 6.07) is 11.5. The minimum absolute atomic E-state index is 0.144. The van der Waals surface area contributed by atoms with Gasteiger partial charge in [0.2, 0.25) is 5.91 Å². The summed E-state index contributed by atoms with van der Waals surface area (Å²) in [5.74, 6) is -0.862. The van der Waals surface area contributed by atoms with Crippen LogP contribution >= 0.6 is 0 Å². The summed E-state index contributed by atoms with van der Waals surface area (Å²) in [6.45, 7) is 2.10. The van der Waals surface area contributed by atoms with Crippen molar-refractivity contribution in [3.8, 4) is 5.75 Å². The lowest BCUT2D eigenvalue weighted by Crippen LogP contribution is -2.38. The smallest absolute Gasteiger partial charge is 0.251 e. The lowest BCUT2D eigenvalue weighted by atomic mass is 10.0. The number of rotatable bonds is 4. The summed E-state index contributed by atoms with van der Waals surface area (Å²) in [7, 11) is 0. The van der Waals surface area contributed by atoms with Gasteiger partial charge in [-0.2, -0.15) is 0 Å². The first kappa shape index (κ1) is 17.9. The highest BCUT2D eigenvalue weighted by Crippen LogP contribution is 2.33. The number of para-hydroxylation sites is 1. The number of benzene rings is 2. The molecule has 2 N–H and O–H groups in total. The van der Waals surface area contributed by atoms with Crippen LogP contribution in [0.2, 0.25) is 0 Å². The van der Waals surface area contributed by atoms with Crippen LogP contribution in [-0.4, -0.2) is 25.0 Å². The van der Waals surface area contributed by atoms with Crippen LogP contribution in [0.1, 0.15) is 40.4 Å². The zero-order valence-corrected chi connectivity index (χ0v) is 14.5. The van der Waals surface area contributed by atoms with Crippen molar-refractivity contribution < 1.29 is 18.7 Å². The minimum Gasteiger partial charge on any atom is -0.490 e. The molecule has 3 rings (SSSR count). The first-order valence-electron chi connectivity index (χ1n) is 8.60. The van der Waals surface area contributed by atoms with Gasteiger partial charge in [0, 0.05) is 11.1 Å². The van der Waals surface area contributed by atoms with E-state index in [1.165, 1.54) is 6.07 Å². The van der Waals surface area contributed by atoms with E-state index in [-0.39, 0.29) is 30.2 Å². The molecule has 0 radical (unpaired) electrons. The van der Waals surface area contributed by atoms with Crippen molar-refractivity contribution >= 4 is 11.8 Å². The average molecular weight is 356 g/mol. The highest BCUT2D eigenvalue weighted by Gasteiger charge is 2.23. The van der Waals surface area contributed by atoms with E-state index in [0.29, 0.717) is 30.6 Å². The quantitative estimate of drug-likeness (QED) is 0.885. The molecule has 2 amide bonds. The van der Waals surface area contributed by atoms with Gasteiger partial charge in [-0.3, -0.25) is 9.59 Å². The second-order valence-corrected chi connectivity index (χ2v) is 6.27. The van der Waals surface area contributed by atoms with Crippen LogP contribution in [0, 0.1) is 12.7 Å². The molecule has 0 bridgehead atoms. The number of carbonyl (C=O) groups is 2. The Morgan fingerprint density at radius 3 is 2.81 bits per heavy atom. The van der Waals surface area contributed by atoms with E-state index in [9.17, 15) is 14.0 Å². The van der Waals surface area contributed by atoms with Gasteiger partial charge in [0.1, 0.15) is 0 Å². The van der Waals surface area contributed by atoms with Gasteiger partial charge in [-0.1, -0.05) is 30.3 Å². The van der Waals surface area contributed by atoms with E-state index < -0.39 is 5.82 Å². The van der Waals surface area contributed by atoms with E-state index in [1.54, 1.807) is 24.3 Å². The number of halogens is 1. The third kappa shape index (κ3) is 4.02. The number of nitrogens with one attached hydrogen (secondary N) is 2. The summed E-state index contributed by atoms with van der Waals surface area (Å²) >= 11 is 0. The van der Waals surface area contributed by atoms with Gasteiger partial charge in [-0.25, -0.2) is 4.39 Å². The van der Waals surface area contributed by atoms with Crippen LogP contribution in [0.25, 0.3) is 0 Å². The van der Waals surface area contributed by atoms with Gasteiger partial charge >= 0.3 is 0 Å². The average Bonchev–Trinajstić information content (AvgIpc) is 2.84. The second-order valence-electron chi connectivity index (χ2n) is 6.27. The van der Waals surface area contributed by atoms with Crippen LogP contribution in [0.15, 0.2) is 42.5 Å². The van der Waals surface area contributed by atoms with E-state index in [1.807, 2.05) is 19.1 Å². The fraction of sp³-hybridized carbons (Fsp3) is 0.300. The first-order chi connectivity index (χ1) is 12.6. The fourth-order valence-electron chi connectivity index (χ4n) is 3.05. The molecule has 1 atom stereocenters. The maximum absolute atomic E-state index is 13.9. The maximum atomic E-state index is 13.9. The molecule has 136 valence electrons. The number of hydrogen-bond acceptors (Lipinski definition) is 3. The molecule has 6 heteroatoms. The van der Waals surface area contributed by atoms with E-state index in [4.69, 9.17) is 4.74 Å². The lowest BCUT2D eigenvalue weighted by molar-refractivity contribution is -0.120. The van der Waals surface area contributed by atoms with Crippen molar-refractivity contribution in [3.05, 3.63) is 65.0 Å². The van der Waals surface area contributed by atoms with Crippen molar-refractivity contribution in [2.24, 2.45) is 0 Å². The Balaban J connectivity index is 1.63. The SMILES string of the molecule is Cc1ccccc1C(=O)NCC(=O)NC1CCCOc2c(F)cccc21. The van der Waals surface area contributed by atoms with Gasteiger partial charge in [-0.05, 0) is 37.5 Å². The Kier molecular flexibility index (Phi) is 5.51. The molecular weight excluding hydrogens is 335 g/mol. The number of ether oxygens (including phenoxy) is 1. The Labute approximate surface area is 151 Å². The summed E-state index contributed by atoms with van der Waals surface area (Å²) in [6.07, 6.45) is 1.35. The molecule has 0 spiro atoms. The normalized spacial score (nSPS) is 16.0.